The summed E-state index contributed by atoms with van der Waals surface area (Å²) in [6.07, 6.45) is 0. The average molecular weight is 369 g/mol. The predicted octanol–water partition coefficient (Wildman–Crippen LogP) is 2.87. The van der Waals surface area contributed by atoms with Gasteiger partial charge in [0, 0.05) is 23.8 Å². The van der Waals surface area contributed by atoms with Gasteiger partial charge in [-0.2, -0.15) is 0 Å². The zero-order valence-corrected chi connectivity index (χ0v) is 16.3. The summed E-state index contributed by atoms with van der Waals surface area (Å²) in [5, 5.41) is 8.84. The standard InChI is InChI=1S/C21H27N3O3/c1-14(2)24-21(26)17-8-9-19(15(3)10-17)22-13-20(25)23-12-16-6-5-7-18(11-16)27-4/h5-11,14,22H,12-13H2,1-4H3,(H,23,25)(H,24,26). The predicted molar refractivity (Wildman–Crippen MR) is 107 cm³/mol. The Balaban J connectivity index is 1.86. The highest BCUT2D eigenvalue weighted by molar-refractivity contribution is 5.95. The number of amides is 2. The number of hydrogen-bond acceptors (Lipinski definition) is 4. The summed E-state index contributed by atoms with van der Waals surface area (Å²) in [5.74, 6) is 0.548. The van der Waals surface area contributed by atoms with Crippen molar-refractivity contribution in [2.24, 2.45) is 0 Å². The third-order valence-corrected chi connectivity index (χ3v) is 3.97. The molecular formula is C21H27N3O3. The molecule has 0 saturated heterocycles. The maximum absolute atomic E-state index is 12.1. The van der Waals surface area contributed by atoms with Crippen LogP contribution in [0.15, 0.2) is 42.5 Å². The van der Waals surface area contributed by atoms with Crippen molar-refractivity contribution < 1.29 is 14.3 Å². The van der Waals surface area contributed by atoms with Crippen molar-refractivity contribution in [1.29, 1.82) is 0 Å². The molecule has 27 heavy (non-hydrogen) atoms. The molecule has 0 bridgehead atoms. The summed E-state index contributed by atoms with van der Waals surface area (Å²) >= 11 is 0. The first-order valence-corrected chi connectivity index (χ1v) is 8.94. The Kier molecular flexibility index (Phi) is 7.23. The molecule has 0 aromatic heterocycles. The average Bonchev–Trinajstić information content (AvgIpc) is 2.65. The van der Waals surface area contributed by atoms with E-state index < -0.39 is 0 Å². The Morgan fingerprint density at radius 3 is 2.56 bits per heavy atom. The summed E-state index contributed by atoms with van der Waals surface area (Å²) < 4.78 is 5.17. The van der Waals surface area contributed by atoms with E-state index in [4.69, 9.17) is 4.74 Å². The molecule has 2 amide bonds. The van der Waals surface area contributed by atoms with Gasteiger partial charge in [-0.25, -0.2) is 0 Å². The van der Waals surface area contributed by atoms with Crippen molar-refractivity contribution in [3.8, 4) is 5.75 Å². The Morgan fingerprint density at radius 1 is 1.11 bits per heavy atom. The fraction of sp³-hybridized carbons (Fsp3) is 0.333. The molecule has 0 saturated carbocycles. The molecule has 0 aliphatic carbocycles. The van der Waals surface area contributed by atoms with Crippen LogP contribution in [0.4, 0.5) is 5.69 Å². The lowest BCUT2D eigenvalue weighted by atomic mass is 10.1. The number of benzene rings is 2. The maximum Gasteiger partial charge on any atom is 0.251 e. The molecule has 6 heteroatoms. The van der Waals surface area contributed by atoms with Gasteiger partial charge in [0.25, 0.3) is 5.91 Å². The van der Waals surface area contributed by atoms with Crippen LogP contribution in [0.1, 0.15) is 35.3 Å². The third-order valence-electron chi connectivity index (χ3n) is 3.97. The quantitative estimate of drug-likeness (QED) is 0.668. The lowest BCUT2D eigenvalue weighted by Crippen LogP contribution is -2.30. The maximum atomic E-state index is 12.1. The van der Waals surface area contributed by atoms with Gasteiger partial charge in [0.15, 0.2) is 0 Å². The molecule has 2 rings (SSSR count). The molecule has 0 radical (unpaired) electrons. The number of anilines is 1. The van der Waals surface area contributed by atoms with Gasteiger partial charge in [-0.05, 0) is 62.2 Å². The molecule has 0 unspecified atom stereocenters. The van der Waals surface area contributed by atoms with E-state index in [9.17, 15) is 9.59 Å². The van der Waals surface area contributed by atoms with Crippen LogP contribution in [0.2, 0.25) is 0 Å². The summed E-state index contributed by atoms with van der Waals surface area (Å²) in [7, 11) is 1.61. The van der Waals surface area contributed by atoms with Crippen LogP contribution >= 0.6 is 0 Å². The molecule has 0 spiro atoms. The van der Waals surface area contributed by atoms with Crippen molar-refractivity contribution in [3.05, 3.63) is 59.2 Å². The van der Waals surface area contributed by atoms with Gasteiger partial charge < -0.3 is 20.7 Å². The van der Waals surface area contributed by atoms with Crippen molar-refractivity contribution in [2.45, 2.75) is 33.4 Å². The van der Waals surface area contributed by atoms with E-state index in [0.717, 1.165) is 22.6 Å². The molecule has 2 aromatic carbocycles. The zero-order valence-electron chi connectivity index (χ0n) is 16.3. The smallest absolute Gasteiger partial charge is 0.251 e. The number of carbonyl (C=O) groups is 2. The molecule has 0 aliphatic rings. The highest BCUT2D eigenvalue weighted by Crippen LogP contribution is 2.16. The monoisotopic (exact) mass is 369 g/mol. The largest absolute Gasteiger partial charge is 0.497 e. The minimum absolute atomic E-state index is 0.0869. The van der Waals surface area contributed by atoms with Gasteiger partial charge in [0.1, 0.15) is 5.75 Å². The van der Waals surface area contributed by atoms with E-state index in [1.54, 1.807) is 13.2 Å². The second-order valence-corrected chi connectivity index (χ2v) is 6.64. The first-order chi connectivity index (χ1) is 12.9. The van der Waals surface area contributed by atoms with E-state index in [1.165, 1.54) is 0 Å². The van der Waals surface area contributed by atoms with Crippen LogP contribution in [-0.4, -0.2) is 31.5 Å². The highest BCUT2D eigenvalue weighted by Gasteiger charge is 2.09. The van der Waals surface area contributed by atoms with E-state index in [2.05, 4.69) is 16.0 Å². The summed E-state index contributed by atoms with van der Waals surface area (Å²) in [4.78, 5) is 24.1. The van der Waals surface area contributed by atoms with E-state index in [0.29, 0.717) is 12.1 Å². The number of aryl methyl sites for hydroxylation is 1. The van der Waals surface area contributed by atoms with Gasteiger partial charge in [0.05, 0.1) is 13.7 Å². The number of nitrogens with one attached hydrogen (secondary N) is 3. The molecule has 3 N–H and O–H groups in total. The van der Waals surface area contributed by atoms with Crippen LogP contribution in [0, 0.1) is 6.92 Å². The Labute approximate surface area is 160 Å². The number of hydrogen-bond donors (Lipinski definition) is 3. The third kappa shape index (κ3) is 6.33. The van der Waals surface area contributed by atoms with Crippen LogP contribution in [0.5, 0.6) is 5.75 Å². The Bertz CT molecular complexity index is 803. The van der Waals surface area contributed by atoms with Gasteiger partial charge >= 0.3 is 0 Å². The zero-order chi connectivity index (χ0) is 19.8. The topological polar surface area (TPSA) is 79.5 Å². The van der Waals surface area contributed by atoms with Gasteiger partial charge in [0.2, 0.25) is 5.91 Å². The molecular weight excluding hydrogens is 342 g/mol. The van der Waals surface area contributed by atoms with Gasteiger partial charge in [-0.15, -0.1) is 0 Å². The number of carbonyl (C=O) groups excluding carboxylic acids is 2. The first-order valence-electron chi connectivity index (χ1n) is 8.94. The minimum Gasteiger partial charge on any atom is -0.497 e. The fourth-order valence-corrected chi connectivity index (χ4v) is 2.57. The minimum atomic E-state index is -0.112. The van der Waals surface area contributed by atoms with E-state index >= 15 is 0 Å². The normalized spacial score (nSPS) is 10.4. The summed E-state index contributed by atoms with van der Waals surface area (Å²) in [6.45, 7) is 6.34. The molecule has 2 aromatic rings. The molecule has 144 valence electrons. The Morgan fingerprint density at radius 2 is 1.89 bits per heavy atom. The number of ether oxygens (including phenoxy) is 1. The van der Waals surface area contributed by atoms with Crippen molar-refractivity contribution in [3.63, 3.8) is 0 Å². The lowest BCUT2D eigenvalue weighted by molar-refractivity contribution is -0.119. The van der Waals surface area contributed by atoms with Crippen LogP contribution in [-0.2, 0) is 11.3 Å². The van der Waals surface area contributed by atoms with Gasteiger partial charge in [-0.1, -0.05) is 12.1 Å². The summed E-state index contributed by atoms with van der Waals surface area (Å²) in [5.41, 5.74) is 3.31. The SMILES string of the molecule is COc1cccc(CNC(=O)CNc2ccc(C(=O)NC(C)C)cc2C)c1. The van der Waals surface area contributed by atoms with Crippen molar-refractivity contribution in [1.82, 2.24) is 10.6 Å². The van der Waals surface area contributed by atoms with Crippen molar-refractivity contribution >= 4 is 17.5 Å². The first kappa shape index (κ1) is 20.3. The van der Waals surface area contributed by atoms with E-state index in [1.807, 2.05) is 57.2 Å². The van der Waals surface area contributed by atoms with Crippen LogP contribution < -0.4 is 20.7 Å². The molecule has 0 heterocycles. The second kappa shape index (κ2) is 9.62. The Hall–Kier alpha value is -3.02. The number of methoxy groups -OCH3 is 1. The number of rotatable bonds is 8. The second-order valence-electron chi connectivity index (χ2n) is 6.64. The van der Waals surface area contributed by atoms with E-state index in [-0.39, 0.29) is 24.4 Å². The molecule has 0 atom stereocenters. The van der Waals surface area contributed by atoms with Gasteiger partial charge in [-0.3, -0.25) is 9.59 Å². The molecule has 0 fully saturated rings. The molecule has 6 nitrogen and oxygen atoms in total. The highest BCUT2D eigenvalue weighted by atomic mass is 16.5. The van der Waals surface area contributed by atoms with Crippen LogP contribution in [0.25, 0.3) is 0 Å². The van der Waals surface area contributed by atoms with Crippen molar-refractivity contribution in [2.75, 3.05) is 19.0 Å². The molecule has 0 aliphatic heterocycles. The van der Waals surface area contributed by atoms with Crippen LogP contribution in [0.3, 0.4) is 0 Å². The fourth-order valence-electron chi connectivity index (χ4n) is 2.57. The lowest BCUT2D eigenvalue weighted by Gasteiger charge is -2.13. The summed E-state index contributed by atoms with van der Waals surface area (Å²) in [6, 6.07) is 13.0.